The maximum atomic E-state index is 13.4. The average molecular weight is 2070 g/mol. The highest BCUT2D eigenvalue weighted by atomic mass is 16.5. The number of carboxylic acids is 5. The smallest absolute Gasteiger partial charge is 0.326 e. The van der Waals surface area contributed by atoms with Crippen molar-refractivity contribution >= 4 is 94.8 Å². The number of unbranched alkanes of at least 4 members (excludes halogenated alkanes) is 32. The van der Waals surface area contributed by atoms with E-state index in [1.807, 2.05) is 6.92 Å². The standard InChI is InChI=1S/C104H186N12O29/c1-2-105-86(102(132)133)40-36-38-58-111-101(131)85(114-96(124)80-145-74-70-141-66-62-110-95(123)79-144-73-68-139-64-60-108-92(120)56-54-88(104(136)137)116-100(130)84-51-47-82(48-52-84)76-113-90(118)42-32-28-24-20-16-12-8-4-6-10-14-18-22-26-30-34-44-98(127)128)39-35-37-57-106-93(121)77-142-71-69-140-65-61-109-94(122)78-143-72-67-138-63-59-107-91(119)55-53-87(103(134)135)115-99(129)83-49-45-81(46-50-83)75-112-89(117)41-31-27-23-19-15-11-7-3-5-9-13-17-21-25-29-33-43-97(125)126/h81-88,105H,2-80H2,1H3,(H,106,121)(H,107,119)(H,108,120)(H,109,122)(H,110,123)(H,111,131)(H,112,117)(H,113,118)(H,114,124)(H,115,129)(H,116,130)(H,125,126)(H,127,128)(H,132,133)(H,134,135)(H,136,137)/t81-,82-,83-,84-,85-,86-,87-,88-/m0/s1. The maximum absolute atomic E-state index is 13.4. The van der Waals surface area contributed by atoms with Gasteiger partial charge in [-0.1, -0.05) is 187 Å². The topological polar surface area (TPSA) is 592 Å². The molecule has 2 aliphatic carbocycles. The summed E-state index contributed by atoms with van der Waals surface area (Å²) in [6, 6.07) is -4.13. The molecule has 0 bridgehead atoms. The summed E-state index contributed by atoms with van der Waals surface area (Å²) in [5.74, 6) is -8.65. The van der Waals surface area contributed by atoms with Crippen molar-refractivity contribution in [2.45, 2.75) is 378 Å². The van der Waals surface area contributed by atoms with E-state index in [0.29, 0.717) is 90.3 Å². The number of likely N-dealkylation sites (N-methyl/N-ethyl adjacent to an activating group) is 1. The molecule has 0 aromatic heterocycles. The number of carbonyl (C=O) groups is 16. The van der Waals surface area contributed by atoms with Crippen LogP contribution in [0, 0.1) is 23.7 Å². The van der Waals surface area contributed by atoms with Crippen LogP contribution >= 0.6 is 0 Å². The van der Waals surface area contributed by atoms with E-state index < -0.39 is 83.5 Å². The Labute approximate surface area is 860 Å². The van der Waals surface area contributed by atoms with E-state index in [1.54, 1.807) is 0 Å². The second kappa shape index (κ2) is 92.5. The van der Waals surface area contributed by atoms with Gasteiger partial charge in [0.05, 0.1) is 79.3 Å². The highest BCUT2D eigenvalue weighted by Gasteiger charge is 2.33. The lowest BCUT2D eigenvalue weighted by molar-refractivity contribution is -0.143. The van der Waals surface area contributed by atoms with Crippen molar-refractivity contribution in [1.29, 1.82) is 0 Å². The molecule has 2 saturated carbocycles. The fraction of sp³-hybridized carbons (Fsp3) is 0.846. The van der Waals surface area contributed by atoms with E-state index in [9.17, 15) is 92.0 Å². The first-order valence-electron chi connectivity index (χ1n) is 54.8. The van der Waals surface area contributed by atoms with E-state index in [0.717, 1.165) is 103 Å². The first-order valence-corrected chi connectivity index (χ1v) is 54.8. The summed E-state index contributed by atoms with van der Waals surface area (Å²) in [6.07, 6.45) is 45.7. The Morgan fingerprint density at radius 1 is 0.234 bits per heavy atom. The van der Waals surface area contributed by atoms with Gasteiger partial charge in [0, 0.05) is 103 Å². The van der Waals surface area contributed by atoms with Crippen LogP contribution in [-0.4, -0.2) is 309 Å². The van der Waals surface area contributed by atoms with Crippen molar-refractivity contribution in [3.05, 3.63) is 0 Å². The molecule has 4 atom stereocenters. The third kappa shape index (κ3) is 80.9. The van der Waals surface area contributed by atoms with Crippen molar-refractivity contribution in [1.82, 2.24) is 63.8 Å². The van der Waals surface area contributed by atoms with Gasteiger partial charge in [0.2, 0.25) is 65.0 Å². The average Bonchev–Trinajstić information content (AvgIpc) is 0.875. The van der Waals surface area contributed by atoms with Gasteiger partial charge >= 0.3 is 29.8 Å². The molecule has 836 valence electrons. The summed E-state index contributed by atoms with van der Waals surface area (Å²) in [5, 5.41) is 79.8. The number of ether oxygens (including phenoxy) is 8. The van der Waals surface area contributed by atoms with Gasteiger partial charge in [-0.05, 0) is 147 Å². The summed E-state index contributed by atoms with van der Waals surface area (Å²) in [4.78, 5) is 197. The van der Waals surface area contributed by atoms with Gasteiger partial charge in [0.1, 0.15) is 50.6 Å². The summed E-state index contributed by atoms with van der Waals surface area (Å²) in [5.41, 5.74) is 0. The zero-order valence-corrected chi connectivity index (χ0v) is 87.5. The second-order valence-corrected chi connectivity index (χ2v) is 38.3. The molecule has 0 aliphatic heterocycles. The first kappa shape index (κ1) is 132. The molecule has 0 aromatic carbocycles. The number of nitrogens with one attached hydrogen (secondary N) is 12. The largest absolute Gasteiger partial charge is 0.481 e. The normalized spacial score (nSPS) is 15.3. The fourth-order valence-corrected chi connectivity index (χ4v) is 17.2. The van der Waals surface area contributed by atoms with Gasteiger partial charge in [-0.15, -0.1) is 0 Å². The minimum atomic E-state index is -1.24. The molecule has 0 heterocycles. The van der Waals surface area contributed by atoms with Gasteiger partial charge in [0.15, 0.2) is 0 Å². The zero-order valence-electron chi connectivity index (χ0n) is 87.5. The molecule has 11 amide bonds. The summed E-state index contributed by atoms with van der Waals surface area (Å²) >= 11 is 0. The maximum Gasteiger partial charge on any atom is 0.326 e. The molecule has 41 heteroatoms. The molecule has 17 N–H and O–H groups in total. The molecule has 41 nitrogen and oxygen atoms in total. The van der Waals surface area contributed by atoms with Gasteiger partial charge in [-0.3, -0.25) is 67.1 Å². The molecule has 145 heavy (non-hydrogen) atoms. The lowest BCUT2D eigenvalue weighted by atomic mass is 9.81. The van der Waals surface area contributed by atoms with E-state index in [2.05, 4.69) is 63.8 Å². The van der Waals surface area contributed by atoms with Crippen LogP contribution in [0.2, 0.25) is 0 Å². The van der Waals surface area contributed by atoms with Crippen LogP contribution < -0.4 is 63.8 Å². The second-order valence-electron chi connectivity index (χ2n) is 38.3. The van der Waals surface area contributed by atoms with E-state index in [-0.39, 0.29) is 249 Å². The fourth-order valence-electron chi connectivity index (χ4n) is 17.2. The van der Waals surface area contributed by atoms with Crippen LogP contribution in [0.3, 0.4) is 0 Å². The van der Waals surface area contributed by atoms with E-state index in [1.165, 1.54) is 128 Å². The molecule has 0 unspecified atom stereocenters. The quantitative estimate of drug-likeness (QED) is 0.0252. The molecule has 0 saturated heterocycles. The van der Waals surface area contributed by atoms with Crippen LogP contribution in [0.15, 0.2) is 0 Å². The minimum absolute atomic E-state index is 0.0204. The first-order chi connectivity index (χ1) is 70.3. The monoisotopic (exact) mass is 2070 g/mol. The van der Waals surface area contributed by atoms with Gasteiger partial charge in [0.25, 0.3) is 0 Å². The molecular formula is C104H186N12O29. The summed E-state index contributed by atoms with van der Waals surface area (Å²) in [6.45, 7) is 4.74. The third-order valence-electron chi connectivity index (χ3n) is 25.8. The van der Waals surface area contributed by atoms with Crippen LogP contribution in [0.4, 0.5) is 0 Å². The Bertz CT molecular complexity index is 3490. The van der Waals surface area contributed by atoms with Crippen LogP contribution in [0.5, 0.6) is 0 Å². The Morgan fingerprint density at radius 3 is 0.800 bits per heavy atom. The van der Waals surface area contributed by atoms with Gasteiger partial charge < -0.3 is 127 Å². The van der Waals surface area contributed by atoms with Crippen LogP contribution in [-0.2, 0) is 115 Å². The Hall–Kier alpha value is -8.84. The molecular weight excluding hydrogens is 1880 g/mol. The number of hydrogen-bond donors (Lipinski definition) is 17. The molecule has 0 aromatic rings. The number of hydrogen-bond acceptors (Lipinski definition) is 25. The minimum Gasteiger partial charge on any atom is -0.481 e. The van der Waals surface area contributed by atoms with Crippen molar-refractivity contribution in [3.63, 3.8) is 0 Å². The lowest BCUT2D eigenvalue weighted by Crippen LogP contribution is -2.48. The SMILES string of the molecule is CCN[C@@H](CCCCNC(=O)[C@H](CCCCNC(=O)COCCOCCNC(=O)COCCOCCNC(=O)CC[C@H](NC(=O)[C@H]1CC[C@H](CNC(=O)CCCCCCCCCCCCCCCCCCC(=O)O)CC1)C(=O)O)NC(=O)COCCOCCNC(=O)COCCOCCNC(=O)CC[C@H](NC(=O)[C@H]1CC[C@H](CNC(=O)CCCCCCCCCCCCCCCCCCC(=O)O)CC1)C(=O)O)C(=O)O. The molecule has 2 fully saturated rings. The van der Waals surface area contributed by atoms with Crippen molar-refractivity contribution in [2.75, 3.05) is 165 Å². The lowest BCUT2D eigenvalue weighted by Gasteiger charge is -2.28. The van der Waals surface area contributed by atoms with Crippen molar-refractivity contribution < 1.29 is 140 Å². The van der Waals surface area contributed by atoms with Crippen molar-refractivity contribution in [3.8, 4) is 0 Å². The third-order valence-corrected chi connectivity index (χ3v) is 25.8. The molecule has 0 radical (unpaired) electrons. The number of rotatable bonds is 101. The Balaban J connectivity index is 1.47. The Morgan fingerprint density at radius 2 is 0.497 bits per heavy atom. The predicted octanol–water partition coefficient (Wildman–Crippen LogP) is 9.46. The van der Waals surface area contributed by atoms with E-state index in [4.69, 9.17) is 48.1 Å². The molecule has 2 aliphatic rings. The predicted molar refractivity (Wildman–Crippen MR) is 545 cm³/mol. The summed E-state index contributed by atoms with van der Waals surface area (Å²) in [7, 11) is 0. The highest BCUT2D eigenvalue weighted by molar-refractivity contribution is 5.89. The molecule has 0 spiro atoms. The number of amides is 11. The number of carbonyl (C=O) groups excluding carboxylic acids is 11. The summed E-state index contributed by atoms with van der Waals surface area (Å²) < 4.78 is 43.6. The molecule has 2 rings (SSSR count). The van der Waals surface area contributed by atoms with Gasteiger partial charge in [-0.25, -0.2) is 9.59 Å². The highest BCUT2D eigenvalue weighted by Crippen LogP contribution is 2.31. The Kier molecular flexibility index (Phi) is 84.4. The van der Waals surface area contributed by atoms with E-state index >= 15 is 0 Å². The van der Waals surface area contributed by atoms with Crippen molar-refractivity contribution in [2.24, 2.45) is 23.7 Å². The number of aliphatic carboxylic acids is 5. The van der Waals surface area contributed by atoms with Crippen LogP contribution in [0.1, 0.15) is 354 Å². The van der Waals surface area contributed by atoms with Crippen LogP contribution in [0.25, 0.3) is 0 Å². The van der Waals surface area contributed by atoms with Gasteiger partial charge in [-0.2, -0.15) is 0 Å². The zero-order chi connectivity index (χ0) is 106. The number of carboxylic acid groups (broad SMARTS) is 5.